The van der Waals surface area contributed by atoms with Crippen molar-refractivity contribution in [2.75, 3.05) is 13.2 Å². The van der Waals surface area contributed by atoms with Gasteiger partial charge in [-0.05, 0) is 40.9 Å². The SMILES string of the molecule is O=S(=O)(c1c(F)cccc1Br)N1CCC[C@@H]1CO. The van der Waals surface area contributed by atoms with Gasteiger partial charge in [-0.2, -0.15) is 4.31 Å². The van der Waals surface area contributed by atoms with E-state index in [2.05, 4.69) is 15.9 Å². The number of nitrogens with zero attached hydrogens (tertiary/aromatic N) is 1. The number of hydrogen-bond acceptors (Lipinski definition) is 3. The summed E-state index contributed by atoms with van der Waals surface area (Å²) in [6.07, 6.45) is 1.28. The number of rotatable bonds is 3. The summed E-state index contributed by atoms with van der Waals surface area (Å²) in [5.41, 5.74) is 0. The third kappa shape index (κ3) is 2.32. The molecule has 1 saturated heterocycles. The molecule has 18 heavy (non-hydrogen) atoms. The Bertz CT molecular complexity index is 529. The second-order valence-electron chi connectivity index (χ2n) is 4.15. The van der Waals surface area contributed by atoms with E-state index in [1.165, 1.54) is 16.4 Å². The van der Waals surface area contributed by atoms with Gasteiger partial charge in [-0.3, -0.25) is 0 Å². The van der Waals surface area contributed by atoms with Crippen LogP contribution in [0.15, 0.2) is 27.6 Å². The Morgan fingerprint density at radius 1 is 1.50 bits per heavy atom. The predicted molar refractivity (Wildman–Crippen MR) is 68.1 cm³/mol. The Hall–Kier alpha value is -0.500. The lowest BCUT2D eigenvalue weighted by molar-refractivity contribution is 0.213. The molecule has 1 aliphatic heterocycles. The van der Waals surface area contributed by atoms with E-state index in [9.17, 15) is 17.9 Å². The molecule has 0 amide bonds. The normalized spacial score (nSPS) is 21.4. The van der Waals surface area contributed by atoms with Crippen molar-refractivity contribution in [3.05, 3.63) is 28.5 Å². The number of hydrogen-bond donors (Lipinski definition) is 1. The first-order valence-electron chi connectivity index (χ1n) is 5.55. The molecule has 1 heterocycles. The Morgan fingerprint density at radius 2 is 2.22 bits per heavy atom. The van der Waals surface area contributed by atoms with Gasteiger partial charge in [0.2, 0.25) is 10.0 Å². The Labute approximate surface area is 114 Å². The lowest BCUT2D eigenvalue weighted by Crippen LogP contribution is -2.38. The van der Waals surface area contributed by atoms with Gasteiger partial charge in [-0.15, -0.1) is 0 Å². The predicted octanol–water partition coefficient (Wildman–Crippen LogP) is 1.73. The minimum atomic E-state index is -3.91. The smallest absolute Gasteiger partial charge is 0.247 e. The van der Waals surface area contributed by atoms with Crippen LogP contribution in [0.5, 0.6) is 0 Å². The van der Waals surface area contributed by atoms with Crippen LogP contribution in [0.3, 0.4) is 0 Å². The summed E-state index contributed by atoms with van der Waals surface area (Å²) in [7, 11) is -3.91. The average molecular weight is 338 g/mol. The molecule has 0 spiro atoms. The van der Waals surface area contributed by atoms with Gasteiger partial charge in [0.15, 0.2) is 0 Å². The van der Waals surface area contributed by atoms with E-state index >= 15 is 0 Å². The van der Waals surface area contributed by atoms with Crippen molar-refractivity contribution in [3.8, 4) is 0 Å². The van der Waals surface area contributed by atoms with E-state index < -0.39 is 21.9 Å². The van der Waals surface area contributed by atoms with E-state index in [1.54, 1.807) is 0 Å². The standard InChI is InChI=1S/C11H13BrFNO3S/c12-9-4-1-5-10(13)11(9)18(16,17)14-6-2-3-8(14)7-15/h1,4-5,8,15H,2-3,6-7H2/t8-/m1/s1. The Balaban J connectivity index is 2.49. The highest BCUT2D eigenvalue weighted by Gasteiger charge is 2.37. The van der Waals surface area contributed by atoms with Crippen molar-refractivity contribution < 1.29 is 17.9 Å². The molecule has 0 aromatic heterocycles. The van der Waals surface area contributed by atoms with Crippen molar-refractivity contribution in [3.63, 3.8) is 0 Å². The summed E-state index contributed by atoms with van der Waals surface area (Å²) in [4.78, 5) is -0.356. The van der Waals surface area contributed by atoms with Crippen molar-refractivity contribution in [2.45, 2.75) is 23.8 Å². The van der Waals surface area contributed by atoms with Crippen LogP contribution in [0.25, 0.3) is 0 Å². The molecule has 100 valence electrons. The van der Waals surface area contributed by atoms with Gasteiger partial charge in [-0.25, -0.2) is 12.8 Å². The van der Waals surface area contributed by atoms with Crippen molar-refractivity contribution >= 4 is 26.0 Å². The molecule has 7 heteroatoms. The Kier molecular flexibility index (Phi) is 4.05. The number of sulfonamides is 1. The topological polar surface area (TPSA) is 57.6 Å². The molecule has 2 rings (SSSR count). The van der Waals surface area contributed by atoms with Crippen LogP contribution in [-0.4, -0.2) is 37.0 Å². The third-order valence-electron chi connectivity index (χ3n) is 3.02. The van der Waals surface area contributed by atoms with Crippen LogP contribution in [0.4, 0.5) is 4.39 Å². The lowest BCUT2D eigenvalue weighted by Gasteiger charge is -2.23. The van der Waals surface area contributed by atoms with Crippen LogP contribution in [-0.2, 0) is 10.0 Å². The van der Waals surface area contributed by atoms with Crippen molar-refractivity contribution in [1.82, 2.24) is 4.31 Å². The summed E-state index contributed by atoms with van der Waals surface area (Å²) in [5.74, 6) is -0.784. The molecular formula is C11H13BrFNO3S. The zero-order valence-corrected chi connectivity index (χ0v) is 11.9. The van der Waals surface area contributed by atoms with Crippen LogP contribution in [0.1, 0.15) is 12.8 Å². The van der Waals surface area contributed by atoms with Gasteiger partial charge in [0, 0.05) is 17.1 Å². The summed E-state index contributed by atoms with van der Waals surface area (Å²) in [6, 6.07) is 3.58. The molecule has 1 N–H and O–H groups in total. The van der Waals surface area contributed by atoms with E-state index in [1.807, 2.05) is 0 Å². The number of aliphatic hydroxyl groups excluding tert-OH is 1. The molecule has 0 saturated carbocycles. The molecule has 1 aliphatic rings. The zero-order chi connectivity index (χ0) is 13.3. The number of benzene rings is 1. The maximum Gasteiger partial charge on any atom is 0.247 e. The summed E-state index contributed by atoms with van der Waals surface area (Å²) < 4.78 is 39.9. The molecule has 1 aromatic carbocycles. The van der Waals surface area contributed by atoms with Gasteiger partial charge < -0.3 is 5.11 Å². The molecule has 0 radical (unpaired) electrons. The largest absolute Gasteiger partial charge is 0.395 e. The first kappa shape index (κ1) is 13.9. The minimum Gasteiger partial charge on any atom is -0.395 e. The van der Waals surface area contributed by atoms with Crippen molar-refractivity contribution in [2.24, 2.45) is 0 Å². The molecule has 0 unspecified atom stereocenters. The quantitative estimate of drug-likeness (QED) is 0.913. The van der Waals surface area contributed by atoms with Crippen LogP contribution >= 0.6 is 15.9 Å². The van der Waals surface area contributed by atoms with E-state index in [0.717, 1.165) is 6.07 Å². The summed E-state index contributed by atoms with van der Waals surface area (Å²) in [6.45, 7) is 0.0691. The van der Waals surface area contributed by atoms with Crippen LogP contribution in [0, 0.1) is 5.82 Å². The highest BCUT2D eigenvalue weighted by Crippen LogP contribution is 2.31. The first-order valence-corrected chi connectivity index (χ1v) is 7.78. The van der Waals surface area contributed by atoms with Gasteiger partial charge in [0.1, 0.15) is 10.7 Å². The first-order chi connectivity index (χ1) is 8.48. The zero-order valence-electron chi connectivity index (χ0n) is 9.51. The van der Waals surface area contributed by atoms with Crippen LogP contribution < -0.4 is 0 Å². The van der Waals surface area contributed by atoms with Gasteiger partial charge >= 0.3 is 0 Å². The second-order valence-corrected chi connectivity index (χ2v) is 6.83. The fourth-order valence-electron chi connectivity index (χ4n) is 2.15. The maximum atomic E-state index is 13.7. The van der Waals surface area contributed by atoms with E-state index in [0.29, 0.717) is 19.4 Å². The minimum absolute atomic E-state index is 0.200. The molecule has 0 bridgehead atoms. The maximum absolute atomic E-state index is 13.7. The van der Waals surface area contributed by atoms with E-state index in [4.69, 9.17) is 0 Å². The molecular weight excluding hydrogens is 325 g/mol. The van der Waals surface area contributed by atoms with Gasteiger partial charge in [-0.1, -0.05) is 6.07 Å². The monoisotopic (exact) mass is 337 g/mol. The number of halogens is 2. The fourth-order valence-corrected chi connectivity index (χ4v) is 4.91. The van der Waals surface area contributed by atoms with Crippen molar-refractivity contribution in [1.29, 1.82) is 0 Å². The fraction of sp³-hybridized carbons (Fsp3) is 0.455. The average Bonchev–Trinajstić information content (AvgIpc) is 2.77. The molecule has 1 atom stereocenters. The highest BCUT2D eigenvalue weighted by atomic mass is 79.9. The van der Waals surface area contributed by atoms with Gasteiger partial charge in [0.25, 0.3) is 0 Å². The highest BCUT2D eigenvalue weighted by molar-refractivity contribution is 9.10. The lowest BCUT2D eigenvalue weighted by atomic mass is 10.2. The molecule has 1 fully saturated rings. The number of aliphatic hydroxyl groups is 1. The second kappa shape index (κ2) is 5.24. The molecule has 1 aromatic rings. The molecule has 4 nitrogen and oxygen atoms in total. The third-order valence-corrected chi connectivity index (χ3v) is 5.97. The summed E-state index contributed by atoms with van der Waals surface area (Å²) >= 11 is 3.06. The molecule has 0 aliphatic carbocycles. The Morgan fingerprint density at radius 3 is 2.83 bits per heavy atom. The summed E-state index contributed by atoms with van der Waals surface area (Å²) in [5, 5.41) is 9.17. The van der Waals surface area contributed by atoms with Gasteiger partial charge in [0.05, 0.1) is 6.61 Å². The van der Waals surface area contributed by atoms with E-state index in [-0.39, 0.29) is 16.0 Å². The van der Waals surface area contributed by atoms with Crippen LogP contribution in [0.2, 0.25) is 0 Å².